The number of aryl methyl sites for hydroxylation is 1. The Balaban J connectivity index is 2.31. The van der Waals surface area contributed by atoms with Crippen molar-refractivity contribution in [2.75, 3.05) is 6.54 Å². The normalized spacial score (nSPS) is 9.78. The number of azide groups is 1. The van der Waals surface area contributed by atoms with Gasteiger partial charge in [-0.05, 0) is 36.4 Å². The van der Waals surface area contributed by atoms with Gasteiger partial charge in [0.1, 0.15) is 0 Å². The average molecular weight is 247 g/mol. The highest BCUT2D eigenvalue weighted by molar-refractivity contribution is 5.89. The number of carboxylic acids is 1. The Morgan fingerprint density at radius 1 is 1.22 bits per heavy atom. The quantitative estimate of drug-likeness (QED) is 0.328. The van der Waals surface area contributed by atoms with Crippen LogP contribution >= 0.6 is 0 Å². The van der Waals surface area contributed by atoms with Crippen LogP contribution in [0.4, 0.5) is 0 Å². The SMILES string of the molecule is [N-]=[N+]=NCCCCCCc1ccccc1C(=O)O. The zero-order valence-electron chi connectivity index (χ0n) is 10.2. The van der Waals surface area contributed by atoms with Gasteiger partial charge in [-0.1, -0.05) is 36.2 Å². The smallest absolute Gasteiger partial charge is 0.335 e. The van der Waals surface area contributed by atoms with Gasteiger partial charge in [-0.3, -0.25) is 0 Å². The van der Waals surface area contributed by atoms with Crippen molar-refractivity contribution in [3.63, 3.8) is 0 Å². The van der Waals surface area contributed by atoms with Gasteiger partial charge >= 0.3 is 5.97 Å². The summed E-state index contributed by atoms with van der Waals surface area (Å²) >= 11 is 0. The van der Waals surface area contributed by atoms with Crippen molar-refractivity contribution >= 4 is 5.97 Å². The molecule has 0 aromatic heterocycles. The van der Waals surface area contributed by atoms with Gasteiger partial charge in [0.25, 0.3) is 0 Å². The predicted octanol–water partition coefficient (Wildman–Crippen LogP) is 3.80. The topological polar surface area (TPSA) is 86.1 Å². The molecular weight excluding hydrogens is 230 g/mol. The number of benzene rings is 1. The molecule has 0 amide bonds. The Bertz CT molecular complexity index is 440. The summed E-state index contributed by atoms with van der Waals surface area (Å²) in [6, 6.07) is 7.11. The van der Waals surface area contributed by atoms with Gasteiger partial charge in [0.05, 0.1) is 5.56 Å². The van der Waals surface area contributed by atoms with Crippen molar-refractivity contribution in [1.82, 2.24) is 0 Å². The average Bonchev–Trinajstić information content (AvgIpc) is 2.38. The Labute approximate surface area is 106 Å². The van der Waals surface area contributed by atoms with Crippen LogP contribution in [0.5, 0.6) is 0 Å². The molecule has 1 aromatic carbocycles. The first kappa shape index (κ1) is 14.1. The van der Waals surface area contributed by atoms with Crippen LogP contribution in [0.25, 0.3) is 10.4 Å². The minimum atomic E-state index is -0.867. The summed E-state index contributed by atoms with van der Waals surface area (Å²) in [5.41, 5.74) is 9.39. The summed E-state index contributed by atoms with van der Waals surface area (Å²) in [6.45, 7) is 0.544. The molecule has 1 rings (SSSR count). The van der Waals surface area contributed by atoms with Gasteiger partial charge in [-0.15, -0.1) is 0 Å². The number of nitrogens with zero attached hydrogens (tertiary/aromatic N) is 3. The summed E-state index contributed by atoms with van der Waals surface area (Å²) < 4.78 is 0. The summed E-state index contributed by atoms with van der Waals surface area (Å²) in [4.78, 5) is 13.7. The van der Waals surface area contributed by atoms with E-state index in [0.717, 1.165) is 37.7 Å². The summed E-state index contributed by atoms with van der Waals surface area (Å²) in [5, 5.41) is 12.5. The van der Waals surface area contributed by atoms with Crippen molar-refractivity contribution in [2.24, 2.45) is 5.11 Å². The van der Waals surface area contributed by atoms with Crippen LogP contribution < -0.4 is 0 Å². The molecule has 5 nitrogen and oxygen atoms in total. The number of unbranched alkanes of at least 4 members (excludes halogenated alkanes) is 3. The van der Waals surface area contributed by atoms with Crippen LogP contribution in [0.2, 0.25) is 0 Å². The summed E-state index contributed by atoms with van der Waals surface area (Å²) in [5.74, 6) is -0.867. The lowest BCUT2D eigenvalue weighted by molar-refractivity contribution is 0.0695. The number of hydrogen-bond acceptors (Lipinski definition) is 2. The second-order valence-corrected chi connectivity index (χ2v) is 4.08. The first-order valence-electron chi connectivity index (χ1n) is 6.07. The van der Waals surface area contributed by atoms with Crippen molar-refractivity contribution in [1.29, 1.82) is 0 Å². The molecule has 0 aliphatic carbocycles. The molecule has 96 valence electrons. The van der Waals surface area contributed by atoms with Gasteiger partial charge in [0.15, 0.2) is 0 Å². The molecule has 0 aliphatic rings. The molecule has 0 heterocycles. The summed E-state index contributed by atoms with van der Waals surface area (Å²) in [6.07, 6.45) is 4.67. The third-order valence-electron chi connectivity index (χ3n) is 2.77. The van der Waals surface area contributed by atoms with Gasteiger partial charge in [-0.25, -0.2) is 4.79 Å². The molecule has 0 radical (unpaired) electrons. The summed E-state index contributed by atoms with van der Waals surface area (Å²) in [7, 11) is 0. The number of carboxylic acid groups (broad SMARTS) is 1. The maximum absolute atomic E-state index is 11.0. The van der Waals surface area contributed by atoms with E-state index in [4.69, 9.17) is 10.6 Å². The lowest BCUT2D eigenvalue weighted by Crippen LogP contribution is -2.02. The van der Waals surface area contributed by atoms with E-state index in [1.165, 1.54) is 0 Å². The van der Waals surface area contributed by atoms with Gasteiger partial charge in [0.2, 0.25) is 0 Å². The van der Waals surface area contributed by atoms with E-state index in [1.54, 1.807) is 12.1 Å². The number of hydrogen-bond donors (Lipinski definition) is 1. The highest BCUT2D eigenvalue weighted by Gasteiger charge is 2.07. The monoisotopic (exact) mass is 247 g/mol. The highest BCUT2D eigenvalue weighted by atomic mass is 16.4. The van der Waals surface area contributed by atoms with E-state index in [-0.39, 0.29) is 0 Å². The van der Waals surface area contributed by atoms with Crippen molar-refractivity contribution in [2.45, 2.75) is 32.1 Å². The van der Waals surface area contributed by atoms with Gasteiger partial charge in [-0.2, -0.15) is 0 Å². The van der Waals surface area contributed by atoms with E-state index >= 15 is 0 Å². The van der Waals surface area contributed by atoms with Crippen LogP contribution in [-0.2, 0) is 6.42 Å². The zero-order chi connectivity index (χ0) is 13.2. The van der Waals surface area contributed by atoms with E-state index in [0.29, 0.717) is 12.1 Å². The van der Waals surface area contributed by atoms with Gasteiger partial charge in [0, 0.05) is 11.5 Å². The largest absolute Gasteiger partial charge is 0.478 e. The van der Waals surface area contributed by atoms with Crippen molar-refractivity contribution in [3.05, 3.63) is 45.8 Å². The molecule has 1 N–H and O–H groups in total. The minimum absolute atomic E-state index is 0.395. The molecule has 5 heteroatoms. The fraction of sp³-hybridized carbons (Fsp3) is 0.462. The van der Waals surface area contributed by atoms with E-state index < -0.39 is 5.97 Å². The van der Waals surface area contributed by atoms with E-state index in [2.05, 4.69) is 10.0 Å². The Morgan fingerprint density at radius 3 is 2.67 bits per heavy atom. The number of carbonyl (C=O) groups is 1. The van der Waals surface area contributed by atoms with E-state index in [1.807, 2.05) is 12.1 Å². The predicted molar refractivity (Wildman–Crippen MR) is 69.6 cm³/mol. The molecule has 0 aliphatic heterocycles. The molecule has 0 spiro atoms. The number of aromatic carboxylic acids is 1. The second kappa shape index (κ2) is 8.14. The molecule has 1 aromatic rings. The first-order chi connectivity index (χ1) is 8.75. The fourth-order valence-electron chi connectivity index (χ4n) is 1.84. The third kappa shape index (κ3) is 4.89. The zero-order valence-corrected chi connectivity index (χ0v) is 10.2. The Kier molecular flexibility index (Phi) is 6.36. The Morgan fingerprint density at radius 2 is 1.94 bits per heavy atom. The van der Waals surface area contributed by atoms with Crippen molar-refractivity contribution in [3.8, 4) is 0 Å². The lowest BCUT2D eigenvalue weighted by atomic mass is 10.0. The highest BCUT2D eigenvalue weighted by Crippen LogP contribution is 2.13. The molecule has 0 saturated carbocycles. The van der Waals surface area contributed by atoms with Crippen LogP contribution in [0.1, 0.15) is 41.6 Å². The van der Waals surface area contributed by atoms with Crippen LogP contribution in [0.3, 0.4) is 0 Å². The van der Waals surface area contributed by atoms with Gasteiger partial charge < -0.3 is 5.11 Å². The maximum atomic E-state index is 11.0. The minimum Gasteiger partial charge on any atom is -0.478 e. The van der Waals surface area contributed by atoms with Crippen LogP contribution in [0, 0.1) is 0 Å². The molecule has 0 saturated heterocycles. The van der Waals surface area contributed by atoms with Crippen LogP contribution in [-0.4, -0.2) is 17.6 Å². The Hall–Kier alpha value is -2.00. The molecule has 0 unspecified atom stereocenters. The standard InChI is InChI=1S/C13H17N3O2/c14-16-15-10-6-2-1-3-7-11-8-4-5-9-12(11)13(17)18/h4-5,8-9H,1-3,6-7,10H2,(H,17,18). The molecule has 0 fully saturated rings. The maximum Gasteiger partial charge on any atom is 0.335 e. The third-order valence-corrected chi connectivity index (χ3v) is 2.77. The fourth-order valence-corrected chi connectivity index (χ4v) is 1.84. The molecule has 18 heavy (non-hydrogen) atoms. The second-order valence-electron chi connectivity index (χ2n) is 4.08. The lowest BCUT2D eigenvalue weighted by Gasteiger charge is -2.05. The molecule has 0 bridgehead atoms. The van der Waals surface area contributed by atoms with Crippen LogP contribution in [0.15, 0.2) is 29.4 Å². The van der Waals surface area contributed by atoms with Crippen molar-refractivity contribution < 1.29 is 9.90 Å². The van der Waals surface area contributed by atoms with E-state index in [9.17, 15) is 4.79 Å². The molecule has 0 atom stereocenters. The first-order valence-corrected chi connectivity index (χ1v) is 6.07. The number of rotatable bonds is 8. The molecular formula is C13H17N3O2.